The first-order chi connectivity index (χ1) is 13.3. The number of benzene rings is 1. The van der Waals surface area contributed by atoms with Crippen LogP contribution in [0, 0.1) is 0 Å². The molecule has 2 aromatic rings. The van der Waals surface area contributed by atoms with Crippen molar-refractivity contribution in [1.82, 2.24) is 5.32 Å². The summed E-state index contributed by atoms with van der Waals surface area (Å²) in [5.41, 5.74) is 0.126. The van der Waals surface area contributed by atoms with E-state index in [2.05, 4.69) is 15.4 Å². The lowest BCUT2D eigenvalue weighted by molar-refractivity contribution is -0.274. The quantitative estimate of drug-likeness (QED) is 0.573. The number of carbonyl (C=O) groups excluding carboxylic acids is 2. The SMILES string of the molecule is O=C(NC[C@H](OCCO)c1cccs1)C(=O)Nc1ccc(OC(F)(F)F)cc1. The van der Waals surface area contributed by atoms with Crippen LogP contribution >= 0.6 is 11.3 Å². The molecule has 1 aromatic heterocycles. The maximum Gasteiger partial charge on any atom is 0.573 e. The minimum absolute atomic E-state index is 0.00509. The molecule has 0 aliphatic rings. The highest BCUT2D eigenvalue weighted by Crippen LogP contribution is 2.24. The Balaban J connectivity index is 1.87. The Hall–Kier alpha value is -2.63. The summed E-state index contributed by atoms with van der Waals surface area (Å²) in [7, 11) is 0. The van der Waals surface area contributed by atoms with Gasteiger partial charge in [0.2, 0.25) is 0 Å². The van der Waals surface area contributed by atoms with Gasteiger partial charge >= 0.3 is 18.2 Å². The molecule has 0 aliphatic carbocycles. The normalized spacial score (nSPS) is 12.3. The maximum absolute atomic E-state index is 12.1. The molecule has 0 unspecified atom stereocenters. The molecule has 2 rings (SSSR count). The van der Waals surface area contributed by atoms with Crippen molar-refractivity contribution < 1.29 is 37.3 Å². The van der Waals surface area contributed by atoms with E-state index in [-0.39, 0.29) is 25.4 Å². The lowest BCUT2D eigenvalue weighted by Gasteiger charge is -2.16. The number of halogens is 3. The summed E-state index contributed by atoms with van der Waals surface area (Å²) in [6.07, 6.45) is -5.34. The van der Waals surface area contributed by atoms with Crippen LogP contribution in [0.4, 0.5) is 18.9 Å². The van der Waals surface area contributed by atoms with Gasteiger partial charge in [0.25, 0.3) is 0 Å². The van der Waals surface area contributed by atoms with E-state index in [4.69, 9.17) is 9.84 Å². The second-order valence-electron chi connectivity index (χ2n) is 5.33. The Morgan fingerprint density at radius 2 is 1.86 bits per heavy atom. The van der Waals surface area contributed by atoms with Crippen molar-refractivity contribution >= 4 is 28.8 Å². The number of rotatable bonds is 8. The van der Waals surface area contributed by atoms with Crippen LogP contribution in [0.15, 0.2) is 41.8 Å². The van der Waals surface area contributed by atoms with Crippen LogP contribution in [0.5, 0.6) is 5.75 Å². The number of ether oxygens (including phenoxy) is 2. The van der Waals surface area contributed by atoms with Crippen molar-refractivity contribution in [3.05, 3.63) is 46.7 Å². The van der Waals surface area contributed by atoms with Gasteiger partial charge in [-0.2, -0.15) is 0 Å². The minimum Gasteiger partial charge on any atom is -0.406 e. The molecule has 1 atom stereocenters. The third kappa shape index (κ3) is 7.18. The number of hydrogen-bond acceptors (Lipinski definition) is 6. The van der Waals surface area contributed by atoms with Crippen LogP contribution in [0.1, 0.15) is 11.0 Å². The zero-order valence-corrected chi connectivity index (χ0v) is 15.2. The highest BCUT2D eigenvalue weighted by molar-refractivity contribution is 7.10. The molecule has 152 valence electrons. The monoisotopic (exact) mass is 418 g/mol. The van der Waals surface area contributed by atoms with Gasteiger partial charge in [0.05, 0.1) is 13.2 Å². The molecule has 0 saturated carbocycles. The number of nitrogens with one attached hydrogen (secondary N) is 2. The molecule has 0 radical (unpaired) electrons. The van der Waals surface area contributed by atoms with E-state index >= 15 is 0 Å². The fourth-order valence-corrected chi connectivity index (χ4v) is 2.88. The molecule has 0 fully saturated rings. The highest BCUT2D eigenvalue weighted by Gasteiger charge is 2.31. The van der Waals surface area contributed by atoms with Crippen molar-refractivity contribution in [3.8, 4) is 5.75 Å². The summed E-state index contributed by atoms with van der Waals surface area (Å²) in [5.74, 6) is -2.38. The first-order valence-electron chi connectivity index (χ1n) is 7.99. The van der Waals surface area contributed by atoms with Gasteiger partial charge in [0.1, 0.15) is 11.9 Å². The van der Waals surface area contributed by atoms with E-state index in [9.17, 15) is 22.8 Å². The first kappa shape index (κ1) is 21.7. The highest BCUT2D eigenvalue weighted by atomic mass is 32.1. The number of carbonyl (C=O) groups is 2. The summed E-state index contributed by atoms with van der Waals surface area (Å²) in [6, 6.07) is 7.96. The smallest absolute Gasteiger partial charge is 0.406 e. The van der Waals surface area contributed by atoms with Gasteiger partial charge in [-0.15, -0.1) is 24.5 Å². The van der Waals surface area contributed by atoms with E-state index in [0.717, 1.165) is 17.0 Å². The zero-order chi connectivity index (χ0) is 20.6. The van der Waals surface area contributed by atoms with E-state index < -0.39 is 30.0 Å². The second-order valence-corrected chi connectivity index (χ2v) is 6.31. The fraction of sp³-hybridized carbons (Fsp3) is 0.294. The third-order valence-electron chi connectivity index (χ3n) is 3.27. The number of thiophene rings is 1. The Kier molecular flexibility index (Phi) is 7.79. The largest absolute Gasteiger partial charge is 0.573 e. The molecule has 2 amide bonds. The van der Waals surface area contributed by atoms with Crippen LogP contribution in [-0.4, -0.2) is 43.0 Å². The average molecular weight is 418 g/mol. The summed E-state index contributed by atoms with van der Waals surface area (Å²) >= 11 is 1.40. The predicted molar refractivity (Wildman–Crippen MR) is 94.9 cm³/mol. The Morgan fingerprint density at radius 1 is 1.14 bits per heavy atom. The average Bonchev–Trinajstić information content (AvgIpc) is 3.16. The summed E-state index contributed by atoms with van der Waals surface area (Å²) < 4.78 is 45.5. The topological polar surface area (TPSA) is 96.9 Å². The van der Waals surface area contributed by atoms with E-state index in [1.54, 1.807) is 12.1 Å². The number of aliphatic hydroxyl groups is 1. The van der Waals surface area contributed by atoms with E-state index in [1.807, 2.05) is 5.38 Å². The molecule has 1 heterocycles. The Bertz CT molecular complexity index is 766. The Labute approximate surface area is 162 Å². The minimum atomic E-state index is -4.82. The van der Waals surface area contributed by atoms with Crippen LogP contribution in [-0.2, 0) is 14.3 Å². The standard InChI is InChI=1S/C17H17F3N2O5S/c18-17(19,20)27-12-5-3-11(4-6-12)22-16(25)15(24)21-10-13(26-8-7-23)14-2-1-9-28-14/h1-6,9,13,23H,7-8,10H2,(H,21,24)(H,22,25)/t13-/m0/s1. The molecular formula is C17H17F3N2O5S. The van der Waals surface area contributed by atoms with Crippen LogP contribution < -0.4 is 15.4 Å². The third-order valence-corrected chi connectivity index (χ3v) is 4.24. The molecule has 28 heavy (non-hydrogen) atoms. The molecule has 7 nitrogen and oxygen atoms in total. The van der Waals surface area contributed by atoms with Crippen molar-refractivity contribution in [1.29, 1.82) is 0 Å². The van der Waals surface area contributed by atoms with Gasteiger partial charge in [0, 0.05) is 17.1 Å². The van der Waals surface area contributed by atoms with Gasteiger partial charge in [-0.25, -0.2) is 0 Å². The van der Waals surface area contributed by atoms with E-state index in [0.29, 0.717) is 0 Å². The molecule has 11 heteroatoms. The van der Waals surface area contributed by atoms with Crippen molar-refractivity contribution in [2.75, 3.05) is 25.1 Å². The van der Waals surface area contributed by atoms with Gasteiger partial charge in [-0.05, 0) is 35.7 Å². The lowest BCUT2D eigenvalue weighted by atomic mass is 10.2. The maximum atomic E-state index is 12.1. The fourth-order valence-electron chi connectivity index (χ4n) is 2.10. The van der Waals surface area contributed by atoms with Gasteiger partial charge in [-0.1, -0.05) is 6.07 Å². The number of alkyl halides is 3. The number of amides is 2. The van der Waals surface area contributed by atoms with Crippen LogP contribution in [0.3, 0.4) is 0 Å². The molecule has 0 saturated heterocycles. The summed E-state index contributed by atoms with van der Waals surface area (Å²) in [4.78, 5) is 24.7. The van der Waals surface area contributed by atoms with Crippen molar-refractivity contribution in [2.45, 2.75) is 12.5 Å². The van der Waals surface area contributed by atoms with Gasteiger partial charge < -0.3 is 25.2 Å². The predicted octanol–water partition coefficient (Wildman–Crippen LogP) is 2.45. The van der Waals surface area contributed by atoms with E-state index in [1.165, 1.54) is 23.5 Å². The molecular weight excluding hydrogens is 401 g/mol. The molecule has 3 N–H and O–H groups in total. The first-order valence-corrected chi connectivity index (χ1v) is 8.87. The zero-order valence-electron chi connectivity index (χ0n) is 14.4. The van der Waals surface area contributed by atoms with Crippen LogP contribution in [0.25, 0.3) is 0 Å². The molecule has 0 bridgehead atoms. The Morgan fingerprint density at radius 3 is 2.43 bits per heavy atom. The van der Waals surface area contributed by atoms with Crippen molar-refractivity contribution in [2.24, 2.45) is 0 Å². The number of hydrogen-bond donors (Lipinski definition) is 3. The number of aliphatic hydroxyl groups excluding tert-OH is 1. The molecule has 0 spiro atoms. The van der Waals surface area contributed by atoms with Crippen molar-refractivity contribution in [3.63, 3.8) is 0 Å². The molecule has 1 aromatic carbocycles. The lowest BCUT2D eigenvalue weighted by Crippen LogP contribution is -2.38. The number of anilines is 1. The second kappa shape index (κ2) is 10.1. The molecule has 0 aliphatic heterocycles. The summed E-state index contributed by atoms with van der Waals surface area (Å²) in [6.45, 7) is -0.119. The van der Waals surface area contributed by atoms with Gasteiger partial charge in [-0.3, -0.25) is 9.59 Å². The van der Waals surface area contributed by atoms with Crippen LogP contribution in [0.2, 0.25) is 0 Å². The summed E-state index contributed by atoms with van der Waals surface area (Å²) in [5, 5.41) is 15.4. The van der Waals surface area contributed by atoms with Gasteiger partial charge in [0.15, 0.2) is 0 Å².